The van der Waals surface area contributed by atoms with Gasteiger partial charge in [-0.15, -0.1) is 15.3 Å². The molecule has 194 valence electrons. The number of anilines is 2. The van der Waals surface area contributed by atoms with Crippen LogP contribution in [-0.4, -0.2) is 50.0 Å². The predicted octanol–water partition coefficient (Wildman–Crippen LogP) is 3.86. The first-order valence-electron chi connectivity index (χ1n) is 11.3. The number of carboxylic acids is 1. The SMILES string of the molecule is COc1cc(N2N=C(c3ccc4c(c3)OCO4)NN2c2nc3ccc(C(=O)O)cc3s2)cc(OC)c1OC. The summed E-state index contributed by atoms with van der Waals surface area (Å²) >= 11 is 1.31. The van der Waals surface area contributed by atoms with Crippen molar-refractivity contribution in [3.05, 3.63) is 59.7 Å². The first-order valence-corrected chi connectivity index (χ1v) is 12.1. The number of thiazole rings is 1. The smallest absolute Gasteiger partial charge is 0.335 e. The van der Waals surface area contributed by atoms with Gasteiger partial charge in [0.1, 0.15) is 0 Å². The number of hydrogen-bond donors (Lipinski definition) is 2. The molecule has 0 aliphatic carbocycles. The van der Waals surface area contributed by atoms with Crippen molar-refractivity contribution in [1.82, 2.24) is 10.4 Å². The molecule has 0 saturated carbocycles. The number of amidine groups is 1. The van der Waals surface area contributed by atoms with Crippen molar-refractivity contribution in [2.24, 2.45) is 5.10 Å². The number of carboxylic acid groups (broad SMARTS) is 1. The fourth-order valence-electron chi connectivity index (χ4n) is 4.10. The Morgan fingerprint density at radius 3 is 2.47 bits per heavy atom. The lowest BCUT2D eigenvalue weighted by Crippen LogP contribution is -2.44. The Morgan fingerprint density at radius 2 is 1.76 bits per heavy atom. The van der Waals surface area contributed by atoms with Gasteiger partial charge in [0, 0.05) is 17.7 Å². The molecule has 0 saturated heterocycles. The molecule has 6 rings (SSSR count). The predicted molar refractivity (Wildman–Crippen MR) is 140 cm³/mol. The molecule has 0 unspecified atom stereocenters. The van der Waals surface area contributed by atoms with E-state index in [2.05, 4.69) is 5.43 Å². The van der Waals surface area contributed by atoms with Crippen LogP contribution < -0.4 is 39.3 Å². The molecule has 2 N–H and O–H groups in total. The molecular formula is C25H21N5O7S. The maximum absolute atomic E-state index is 11.5. The van der Waals surface area contributed by atoms with Crippen LogP contribution in [0.4, 0.5) is 10.8 Å². The van der Waals surface area contributed by atoms with Gasteiger partial charge in [-0.05, 0) is 36.4 Å². The average molecular weight is 536 g/mol. The van der Waals surface area contributed by atoms with E-state index in [0.717, 1.165) is 5.56 Å². The van der Waals surface area contributed by atoms with Crippen LogP contribution in [0.1, 0.15) is 15.9 Å². The van der Waals surface area contributed by atoms with Crippen molar-refractivity contribution in [3.63, 3.8) is 0 Å². The van der Waals surface area contributed by atoms with Crippen LogP contribution in [-0.2, 0) is 0 Å². The Labute approximate surface area is 220 Å². The van der Waals surface area contributed by atoms with Crippen LogP contribution in [0.5, 0.6) is 28.7 Å². The fourth-order valence-corrected chi connectivity index (χ4v) is 5.05. The molecule has 0 atom stereocenters. The molecule has 0 spiro atoms. The second-order valence-corrected chi connectivity index (χ2v) is 9.11. The molecule has 38 heavy (non-hydrogen) atoms. The summed E-state index contributed by atoms with van der Waals surface area (Å²) in [6, 6.07) is 13.8. The van der Waals surface area contributed by atoms with Gasteiger partial charge in [0.2, 0.25) is 17.7 Å². The van der Waals surface area contributed by atoms with E-state index in [1.165, 1.54) is 38.7 Å². The number of hydrogen-bond acceptors (Lipinski definition) is 12. The van der Waals surface area contributed by atoms with E-state index in [0.29, 0.717) is 55.6 Å². The van der Waals surface area contributed by atoms with E-state index in [-0.39, 0.29) is 12.4 Å². The van der Waals surface area contributed by atoms with Crippen molar-refractivity contribution >= 4 is 44.2 Å². The van der Waals surface area contributed by atoms with E-state index >= 15 is 0 Å². The summed E-state index contributed by atoms with van der Waals surface area (Å²) in [5.41, 5.74) is 5.47. The Bertz CT molecular complexity index is 1580. The number of aromatic carboxylic acids is 1. The molecule has 0 amide bonds. The van der Waals surface area contributed by atoms with Crippen molar-refractivity contribution in [2.45, 2.75) is 0 Å². The summed E-state index contributed by atoms with van der Waals surface area (Å²) in [5.74, 6) is 2.12. The summed E-state index contributed by atoms with van der Waals surface area (Å²) < 4.78 is 28.3. The third-order valence-electron chi connectivity index (χ3n) is 5.93. The zero-order chi connectivity index (χ0) is 26.4. The van der Waals surface area contributed by atoms with E-state index in [1.807, 2.05) is 18.2 Å². The molecule has 3 aromatic carbocycles. The van der Waals surface area contributed by atoms with Crippen LogP contribution >= 0.6 is 11.3 Å². The summed E-state index contributed by atoms with van der Waals surface area (Å²) in [6.07, 6.45) is 0. The highest BCUT2D eigenvalue weighted by Crippen LogP contribution is 2.43. The lowest BCUT2D eigenvalue weighted by molar-refractivity contribution is 0.0697. The maximum Gasteiger partial charge on any atom is 0.335 e. The van der Waals surface area contributed by atoms with Gasteiger partial charge >= 0.3 is 5.97 Å². The third kappa shape index (κ3) is 3.89. The van der Waals surface area contributed by atoms with Crippen molar-refractivity contribution in [2.75, 3.05) is 38.4 Å². The average Bonchev–Trinajstić information content (AvgIpc) is 3.68. The van der Waals surface area contributed by atoms with Gasteiger partial charge < -0.3 is 28.8 Å². The minimum Gasteiger partial charge on any atom is -0.493 e. The number of fused-ring (bicyclic) bond motifs is 2. The monoisotopic (exact) mass is 535 g/mol. The van der Waals surface area contributed by atoms with Gasteiger partial charge in [-0.2, -0.15) is 0 Å². The molecule has 0 radical (unpaired) electrons. The van der Waals surface area contributed by atoms with E-state index in [1.54, 1.807) is 34.5 Å². The first kappa shape index (κ1) is 23.5. The van der Waals surface area contributed by atoms with E-state index in [9.17, 15) is 9.90 Å². The molecule has 12 nitrogen and oxygen atoms in total. The molecule has 2 aliphatic rings. The van der Waals surface area contributed by atoms with Crippen LogP contribution in [0.25, 0.3) is 10.2 Å². The Balaban J connectivity index is 1.47. The number of ether oxygens (including phenoxy) is 5. The van der Waals surface area contributed by atoms with Gasteiger partial charge in [-0.1, -0.05) is 11.3 Å². The molecule has 0 fully saturated rings. The second-order valence-electron chi connectivity index (χ2n) is 8.10. The third-order valence-corrected chi connectivity index (χ3v) is 6.92. The topological polar surface area (TPSA) is 127 Å². The van der Waals surface area contributed by atoms with Crippen molar-refractivity contribution < 1.29 is 33.6 Å². The van der Waals surface area contributed by atoms with Gasteiger partial charge in [0.25, 0.3) is 0 Å². The number of carbonyl (C=O) groups is 1. The number of methoxy groups -OCH3 is 3. The number of rotatable bonds is 7. The standard InChI is InChI=1S/C25H21N5O7S/c1-33-19-10-15(11-20(34-2)22(19)35-3)29-27-23(13-5-7-17-18(8-13)37-12-36-17)28-30(29)25-26-16-6-4-14(24(31)32)9-21(16)38-25/h4-11H,12H2,1-3H3,(H,27,28)(H,31,32). The largest absolute Gasteiger partial charge is 0.493 e. The number of aromatic nitrogens is 1. The molecule has 4 aromatic rings. The highest BCUT2D eigenvalue weighted by Gasteiger charge is 2.31. The number of benzene rings is 3. The lowest BCUT2D eigenvalue weighted by Gasteiger charge is -2.26. The normalized spacial score (nSPS) is 13.9. The number of nitrogens with zero attached hydrogens (tertiary/aromatic N) is 4. The highest BCUT2D eigenvalue weighted by molar-refractivity contribution is 7.22. The minimum atomic E-state index is -1.01. The summed E-state index contributed by atoms with van der Waals surface area (Å²) in [5, 5.41) is 18.0. The molecule has 1 aromatic heterocycles. The Morgan fingerprint density at radius 1 is 1.00 bits per heavy atom. The number of hydrazone groups is 1. The summed E-state index contributed by atoms with van der Waals surface area (Å²) in [7, 11) is 4.61. The molecule has 13 heteroatoms. The lowest BCUT2D eigenvalue weighted by atomic mass is 10.2. The molecule has 2 aliphatic heterocycles. The fraction of sp³-hybridized carbons (Fsp3) is 0.160. The minimum absolute atomic E-state index is 0.159. The number of hydrazine groups is 2. The van der Waals surface area contributed by atoms with Crippen LogP contribution in [0, 0.1) is 0 Å². The van der Waals surface area contributed by atoms with Crippen molar-refractivity contribution in [3.8, 4) is 28.7 Å². The first-order chi connectivity index (χ1) is 18.5. The quantitative estimate of drug-likeness (QED) is 0.358. The zero-order valence-corrected chi connectivity index (χ0v) is 21.2. The van der Waals surface area contributed by atoms with Gasteiger partial charge in [-0.3, -0.25) is 5.43 Å². The van der Waals surface area contributed by atoms with Gasteiger partial charge in [-0.25, -0.2) is 9.78 Å². The van der Waals surface area contributed by atoms with Crippen LogP contribution in [0.2, 0.25) is 0 Å². The zero-order valence-electron chi connectivity index (χ0n) is 20.4. The van der Waals surface area contributed by atoms with E-state index in [4.69, 9.17) is 33.8 Å². The molecule has 3 heterocycles. The highest BCUT2D eigenvalue weighted by atomic mass is 32.1. The Hall–Kier alpha value is -4.91. The second kappa shape index (κ2) is 9.19. The van der Waals surface area contributed by atoms with Crippen molar-refractivity contribution in [1.29, 1.82) is 0 Å². The van der Waals surface area contributed by atoms with Gasteiger partial charge in [0.05, 0.1) is 42.8 Å². The Kier molecular flexibility index (Phi) is 5.68. The molecule has 0 bridgehead atoms. The van der Waals surface area contributed by atoms with Crippen LogP contribution in [0.15, 0.2) is 53.6 Å². The van der Waals surface area contributed by atoms with Gasteiger partial charge in [0.15, 0.2) is 28.8 Å². The van der Waals surface area contributed by atoms with E-state index < -0.39 is 5.97 Å². The van der Waals surface area contributed by atoms with Crippen LogP contribution in [0.3, 0.4) is 0 Å². The maximum atomic E-state index is 11.5. The number of nitrogens with one attached hydrogen (secondary N) is 1. The molecular weight excluding hydrogens is 514 g/mol. The summed E-state index contributed by atoms with van der Waals surface area (Å²) in [4.78, 5) is 16.2. The summed E-state index contributed by atoms with van der Waals surface area (Å²) in [6.45, 7) is 0.159.